The molecule has 0 saturated carbocycles. The average Bonchev–Trinajstić information content (AvgIpc) is 2.63. The lowest BCUT2D eigenvalue weighted by molar-refractivity contribution is -0.0157. The van der Waals surface area contributed by atoms with E-state index in [1.165, 1.54) is 5.56 Å². The van der Waals surface area contributed by atoms with Crippen LogP contribution in [0, 0.1) is 0 Å². The molecule has 1 unspecified atom stereocenters. The summed E-state index contributed by atoms with van der Waals surface area (Å²) in [6.45, 7) is 1.76. The van der Waals surface area contributed by atoms with E-state index >= 15 is 0 Å². The van der Waals surface area contributed by atoms with E-state index in [9.17, 15) is 4.79 Å². The van der Waals surface area contributed by atoms with Crippen molar-refractivity contribution in [2.75, 3.05) is 25.0 Å². The van der Waals surface area contributed by atoms with Crippen LogP contribution in [0.3, 0.4) is 0 Å². The predicted molar refractivity (Wildman–Crippen MR) is 96.5 cm³/mol. The minimum absolute atomic E-state index is 0.0657. The molecule has 0 spiro atoms. The Morgan fingerprint density at radius 1 is 1.17 bits per heavy atom. The van der Waals surface area contributed by atoms with Gasteiger partial charge in [0.2, 0.25) is 0 Å². The number of nitrogens with zero attached hydrogens (tertiary/aromatic N) is 1. The SMILES string of the molecule is O=C(Nc1ccccc1Cl)N1CCOC(CCc2ccccc2)C1. The molecule has 1 heterocycles. The molecule has 0 radical (unpaired) electrons. The standard InChI is InChI=1S/C19H21ClN2O2/c20-17-8-4-5-9-18(17)21-19(23)22-12-13-24-16(14-22)11-10-15-6-2-1-3-7-15/h1-9,16H,10-14H2,(H,21,23). The summed E-state index contributed by atoms with van der Waals surface area (Å²) in [5.74, 6) is 0. The average molecular weight is 345 g/mol. The minimum atomic E-state index is -0.129. The maximum absolute atomic E-state index is 12.4. The van der Waals surface area contributed by atoms with Crippen LogP contribution >= 0.6 is 11.6 Å². The Bertz CT molecular complexity index is 678. The van der Waals surface area contributed by atoms with Crippen LogP contribution in [-0.2, 0) is 11.2 Å². The molecule has 2 aromatic rings. The van der Waals surface area contributed by atoms with Crippen molar-refractivity contribution in [3.63, 3.8) is 0 Å². The van der Waals surface area contributed by atoms with Gasteiger partial charge in [-0.1, -0.05) is 54.1 Å². The van der Waals surface area contributed by atoms with Gasteiger partial charge in [0.05, 0.1) is 23.4 Å². The number of ether oxygens (including phenoxy) is 1. The smallest absolute Gasteiger partial charge is 0.322 e. The Labute approximate surface area is 147 Å². The van der Waals surface area contributed by atoms with E-state index in [4.69, 9.17) is 16.3 Å². The summed E-state index contributed by atoms with van der Waals surface area (Å²) in [6, 6.07) is 17.5. The van der Waals surface area contributed by atoms with Gasteiger partial charge in [0.1, 0.15) is 0 Å². The Kier molecular flexibility index (Phi) is 5.72. The first-order chi connectivity index (χ1) is 11.7. The highest BCUT2D eigenvalue weighted by molar-refractivity contribution is 6.33. The number of para-hydroxylation sites is 1. The number of morpholine rings is 1. The number of carbonyl (C=O) groups excluding carboxylic acids is 1. The summed E-state index contributed by atoms with van der Waals surface area (Å²) in [5, 5.41) is 3.42. The molecule has 24 heavy (non-hydrogen) atoms. The molecule has 126 valence electrons. The summed E-state index contributed by atoms with van der Waals surface area (Å²) in [4.78, 5) is 14.2. The fraction of sp³-hybridized carbons (Fsp3) is 0.316. The molecule has 0 bridgehead atoms. The molecule has 2 amide bonds. The molecule has 1 N–H and O–H groups in total. The first-order valence-electron chi connectivity index (χ1n) is 8.18. The molecule has 1 atom stereocenters. The monoisotopic (exact) mass is 344 g/mol. The van der Waals surface area contributed by atoms with E-state index in [-0.39, 0.29) is 12.1 Å². The number of anilines is 1. The normalized spacial score (nSPS) is 17.5. The number of benzene rings is 2. The van der Waals surface area contributed by atoms with Crippen molar-refractivity contribution < 1.29 is 9.53 Å². The fourth-order valence-electron chi connectivity index (χ4n) is 2.81. The predicted octanol–water partition coefficient (Wildman–Crippen LogP) is 4.21. The topological polar surface area (TPSA) is 41.6 Å². The molecule has 3 rings (SSSR count). The Morgan fingerprint density at radius 2 is 1.92 bits per heavy atom. The van der Waals surface area contributed by atoms with Crippen molar-refractivity contribution in [1.82, 2.24) is 4.90 Å². The number of halogens is 1. The van der Waals surface area contributed by atoms with Gasteiger partial charge >= 0.3 is 6.03 Å². The number of urea groups is 1. The lowest BCUT2D eigenvalue weighted by Gasteiger charge is -2.33. The maximum Gasteiger partial charge on any atom is 0.322 e. The lowest BCUT2D eigenvalue weighted by atomic mass is 10.1. The number of rotatable bonds is 4. The fourth-order valence-corrected chi connectivity index (χ4v) is 2.99. The van der Waals surface area contributed by atoms with Gasteiger partial charge in [0.25, 0.3) is 0 Å². The van der Waals surface area contributed by atoms with Gasteiger partial charge in [0, 0.05) is 13.1 Å². The van der Waals surface area contributed by atoms with Crippen molar-refractivity contribution in [3.8, 4) is 0 Å². The van der Waals surface area contributed by atoms with Gasteiger partial charge in [-0.25, -0.2) is 4.79 Å². The van der Waals surface area contributed by atoms with Gasteiger partial charge < -0.3 is 15.0 Å². The third kappa shape index (κ3) is 4.49. The summed E-state index contributed by atoms with van der Waals surface area (Å²) >= 11 is 6.10. The van der Waals surface area contributed by atoms with E-state index in [1.54, 1.807) is 17.0 Å². The molecule has 5 heteroatoms. The molecule has 4 nitrogen and oxygen atoms in total. The largest absolute Gasteiger partial charge is 0.375 e. The number of hydrogen-bond donors (Lipinski definition) is 1. The third-order valence-corrected chi connectivity index (χ3v) is 4.47. The van der Waals surface area contributed by atoms with Crippen molar-refractivity contribution in [1.29, 1.82) is 0 Å². The Balaban J connectivity index is 1.53. The molecular weight excluding hydrogens is 324 g/mol. The van der Waals surface area contributed by atoms with E-state index < -0.39 is 0 Å². The highest BCUT2D eigenvalue weighted by atomic mass is 35.5. The van der Waals surface area contributed by atoms with Gasteiger partial charge in [0.15, 0.2) is 0 Å². The van der Waals surface area contributed by atoms with Crippen LogP contribution in [0.2, 0.25) is 5.02 Å². The number of amides is 2. The lowest BCUT2D eigenvalue weighted by Crippen LogP contribution is -2.47. The number of hydrogen-bond acceptors (Lipinski definition) is 2. The van der Waals surface area contributed by atoms with Crippen molar-refractivity contribution in [3.05, 3.63) is 65.2 Å². The van der Waals surface area contributed by atoms with Crippen LogP contribution in [0.4, 0.5) is 10.5 Å². The number of carbonyl (C=O) groups is 1. The second kappa shape index (κ2) is 8.18. The zero-order chi connectivity index (χ0) is 16.8. The third-order valence-electron chi connectivity index (χ3n) is 4.14. The molecule has 1 fully saturated rings. The minimum Gasteiger partial charge on any atom is -0.375 e. The van der Waals surface area contributed by atoms with Crippen LogP contribution in [-0.4, -0.2) is 36.7 Å². The van der Waals surface area contributed by atoms with Gasteiger partial charge in [-0.05, 0) is 30.5 Å². The van der Waals surface area contributed by atoms with E-state index in [0.29, 0.717) is 30.4 Å². The van der Waals surface area contributed by atoms with Crippen LogP contribution in [0.1, 0.15) is 12.0 Å². The van der Waals surface area contributed by atoms with Gasteiger partial charge in [-0.2, -0.15) is 0 Å². The molecule has 2 aromatic carbocycles. The zero-order valence-electron chi connectivity index (χ0n) is 13.5. The van der Waals surface area contributed by atoms with E-state index in [1.807, 2.05) is 30.3 Å². The number of aryl methyl sites for hydroxylation is 1. The highest BCUT2D eigenvalue weighted by Crippen LogP contribution is 2.21. The maximum atomic E-state index is 12.4. The molecule has 0 aromatic heterocycles. The summed E-state index contributed by atoms with van der Waals surface area (Å²) in [5.41, 5.74) is 1.93. The van der Waals surface area contributed by atoms with Crippen LogP contribution in [0.25, 0.3) is 0 Å². The zero-order valence-corrected chi connectivity index (χ0v) is 14.2. The molecule has 1 saturated heterocycles. The number of nitrogens with one attached hydrogen (secondary N) is 1. The Hall–Kier alpha value is -2.04. The first-order valence-corrected chi connectivity index (χ1v) is 8.56. The molecule has 1 aliphatic heterocycles. The van der Waals surface area contributed by atoms with Crippen molar-refractivity contribution in [2.24, 2.45) is 0 Å². The molecule has 1 aliphatic rings. The van der Waals surface area contributed by atoms with Gasteiger partial charge in [-0.3, -0.25) is 0 Å². The second-order valence-electron chi connectivity index (χ2n) is 5.87. The summed E-state index contributed by atoms with van der Waals surface area (Å²) < 4.78 is 5.81. The second-order valence-corrected chi connectivity index (χ2v) is 6.28. The van der Waals surface area contributed by atoms with E-state index in [0.717, 1.165) is 12.8 Å². The Morgan fingerprint density at radius 3 is 2.71 bits per heavy atom. The highest BCUT2D eigenvalue weighted by Gasteiger charge is 2.24. The van der Waals surface area contributed by atoms with E-state index in [2.05, 4.69) is 17.4 Å². The van der Waals surface area contributed by atoms with Gasteiger partial charge in [-0.15, -0.1) is 0 Å². The molecular formula is C19H21ClN2O2. The van der Waals surface area contributed by atoms with Crippen LogP contribution in [0.15, 0.2) is 54.6 Å². The molecule has 0 aliphatic carbocycles. The van der Waals surface area contributed by atoms with Crippen molar-refractivity contribution >= 4 is 23.3 Å². The van der Waals surface area contributed by atoms with Crippen LogP contribution < -0.4 is 5.32 Å². The summed E-state index contributed by atoms with van der Waals surface area (Å²) in [6.07, 6.45) is 1.92. The van der Waals surface area contributed by atoms with Crippen LogP contribution in [0.5, 0.6) is 0 Å². The summed E-state index contributed by atoms with van der Waals surface area (Å²) in [7, 11) is 0. The quantitative estimate of drug-likeness (QED) is 0.902. The first kappa shape index (κ1) is 16.8. The van der Waals surface area contributed by atoms with Crippen molar-refractivity contribution in [2.45, 2.75) is 18.9 Å².